The number of nitrogens with zero attached hydrogens (tertiary/aromatic N) is 5. The van der Waals surface area contributed by atoms with E-state index in [4.69, 9.17) is 11.5 Å². The van der Waals surface area contributed by atoms with Gasteiger partial charge in [0.15, 0.2) is 5.82 Å². The molecule has 1 aromatic carbocycles. The van der Waals surface area contributed by atoms with Crippen molar-refractivity contribution in [1.82, 2.24) is 19.5 Å². The van der Waals surface area contributed by atoms with E-state index in [0.29, 0.717) is 6.42 Å². The molecule has 174 valence electrons. The van der Waals surface area contributed by atoms with Gasteiger partial charge in [0.05, 0.1) is 17.3 Å². The maximum absolute atomic E-state index is 14.6. The normalized spacial score (nSPS) is 12.9. The molecule has 34 heavy (non-hydrogen) atoms. The van der Waals surface area contributed by atoms with Gasteiger partial charge in [0.25, 0.3) is 5.56 Å². The Bertz CT molecular complexity index is 1440. The zero-order valence-electron chi connectivity index (χ0n) is 18.5. The minimum Gasteiger partial charge on any atom is -0.382 e. The molecule has 0 aliphatic rings. The number of anilines is 3. The van der Waals surface area contributed by atoms with E-state index >= 15 is 0 Å². The highest BCUT2D eigenvalue weighted by Crippen LogP contribution is 2.28. The topological polar surface area (TPSA) is 149 Å². The summed E-state index contributed by atoms with van der Waals surface area (Å²) in [6, 6.07) is 5.22. The van der Waals surface area contributed by atoms with Gasteiger partial charge in [-0.25, -0.2) is 13.8 Å². The smallest absolute Gasteiger partial charge is 0.269 e. The lowest BCUT2D eigenvalue weighted by molar-refractivity contribution is 0.630. The Balaban J connectivity index is 2.35. The van der Waals surface area contributed by atoms with Gasteiger partial charge in [-0.15, -0.1) is 0 Å². The van der Waals surface area contributed by atoms with E-state index in [1.54, 1.807) is 6.92 Å². The van der Waals surface area contributed by atoms with Gasteiger partial charge >= 0.3 is 0 Å². The van der Waals surface area contributed by atoms with E-state index in [9.17, 15) is 18.8 Å². The van der Waals surface area contributed by atoms with Gasteiger partial charge in [-0.05, 0) is 37.6 Å². The minimum atomic E-state index is -0.769. The number of benzene rings is 1. The highest BCUT2D eigenvalue weighted by Gasteiger charge is 2.24. The van der Waals surface area contributed by atoms with Crippen LogP contribution in [0.5, 0.6) is 0 Å². The molecule has 0 saturated heterocycles. The van der Waals surface area contributed by atoms with E-state index in [1.807, 2.05) is 6.07 Å². The van der Waals surface area contributed by atoms with Crippen LogP contribution in [0.15, 0.2) is 53.6 Å². The summed E-state index contributed by atoms with van der Waals surface area (Å²) in [6.45, 7) is 6.94. The lowest BCUT2D eigenvalue weighted by Gasteiger charge is -2.23. The summed E-state index contributed by atoms with van der Waals surface area (Å²) < 4.78 is 29.8. The minimum absolute atomic E-state index is 0.0308. The number of nitrogen functional groups attached to an aromatic ring is 2. The third kappa shape index (κ3) is 4.47. The summed E-state index contributed by atoms with van der Waals surface area (Å²) in [5.74, 6) is -1.55. The fourth-order valence-electron chi connectivity index (χ4n) is 3.35. The maximum Gasteiger partial charge on any atom is 0.269 e. The average molecular weight is 464 g/mol. The van der Waals surface area contributed by atoms with Crippen molar-refractivity contribution in [3.63, 3.8) is 0 Å². The lowest BCUT2D eigenvalue weighted by Crippen LogP contribution is -2.29. The van der Waals surface area contributed by atoms with E-state index in [0.717, 1.165) is 16.7 Å². The van der Waals surface area contributed by atoms with Crippen LogP contribution in [0.2, 0.25) is 0 Å². The number of nitriles is 1. The first kappa shape index (κ1) is 24.1. The van der Waals surface area contributed by atoms with Gasteiger partial charge in [-0.3, -0.25) is 9.36 Å². The van der Waals surface area contributed by atoms with Crippen LogP contribution < -0.4 is 22.3 Å². The molecule has 2 heterocycles. The van der Waals surface area contributed by atoms with Crippen LogP contribution in [0, 0.1) is 17.1 Å². The molecule has 0 saturated carbocycles. The van der Waals surface area contributed by atoms with Crippen molar-refractivity contribution in [2.45, 2.75) is 26.3 Å². The Hall–Kier alpha value is -4.59. The second-order valence-electron chi connectivity index (χ2n) is 7.10. The molecule has 0 aliphatic carbocycles. The molecule has 2 aromatic heterocycles. The molecule has 1 unspecified atom stereocenters. The van der Waals surface area contributed by atoms with Gasteiger partial charge in [0.2, 0.25) is 5.95 Å². The third-order valence-corrected chi connectivity index (χ3v) is 5.00. The second kappa shape index (κ2) is 9.91. The predicted octanol–water partition coefficient (Wildman–Crippen LogP) is 3.83. The van der Waals surface area contributed by atoms with E-state index in [-0.39, 0.29) is 45.6 Å². The first-order valence-corrected chi connectivity index (χ1v) is 10.2. The van der Waals surface area contributed by atoms with E-state index in [1.165, 1.54) is 31.2 Å². The van der Waals surface area contributed by atoms with Crippen molar-refractivity contribution in [3.8, 4) is 6.07 Å². The van der Waals surface area contributed by atoms with Crippen molar-refractivity contribution in [1.29, 1.82) is 5.26 Å². The maximum atomic E-state index is 14.6. The number of nitrogens with two attached hydrogens (primary N) is 2. The number of fused-ring (bicyclic) bond motifs is 1. The van der Waals surface area contributed by atoms with Crippen LogP contribution in [0.3, 0.4) is 0 Å². The van der Waals surface area contributed by atoms with Gasteiger partial charge in [0, 0.05) is 0 Å². The highest BCUT2D eigenvalue weighted by molar-refractivity contribution is 5.80. The predicted molar refractivity (Wildman–Crippen MR) is 128 cm³/mol. The largest absolute Gasteiger partial charge is 0.382 e. The molecule has 5 N–H and O–H groups in total. The SMILES string of the molecule is C=C/C(=C\C(F)=C/C)n1c(C(CC)Nc2nc(N)nc(N)c2C#N)nc2cccc(F)c2c1=O. The molecule has 1 atom stereocenters. The number of hydrogen-bond acceptors (Lipinski definition) is 8. The van der Waals surface area contributed by atoms with Crippen LogP contribution in [-0.4, -0.2) is 19.5 Å². The molecule has 9 nitrogen and oxygen atoms in total. The summed E-state index contributed by atoms with van der Waals surface area (Å²) >= 11 is 0. The Morgan fingerprint density at radius 3 is 2.71 bits per heavy atom. The third-order valence-electron chi connectivity index (χ3n) is 5.00. The van der Waals surface area contributed by atoms with Gasteiger partial charge in [0.1, 0.15) is 40.3 Å². The molecular weight excluding hydrogens is 442 g/mol. The molecule has 0 fully saturated rings. The standard InChI is InChI=1S/C23H22F2N8O/c1-4-12(24)10-13(5-2)33-21(30-17-9-7-8-15(25)18(17)22(33)34)16(6-3)29-20-14(11-26)19(27)31-23(28)32-20/h4-5,7-10,16H,2,6H2,1,3H3,(H5,27,28,29,31,32)/b12-4+,13-10+. The molecule has 0 aliphatic heterocycles. The van der Waals surface area contributed by atoms with Crippen molar-refractivity contribution >= 4 is 34.2 Å². The van der Waals surface area contributed by atoms with Crippen molar-refractivity contribution in [3.05, 3.63) is 76.4 Å². The first-order valence-electron chi connectivity index (χ1n) is 10.2. The Labute approximate surface area is 193 Å². The molecule has 0 amide bonds. The summed E-state index contributed by atoms with van der Waals surface area (Å²) in [6.07, 6.45) is 3.87. The Kier molecular flexibility index (Phi) is 7.01. The fraction of sp³-hybridized carbons (Fsp3) is 0.174. The molecule has 0 spiro atoms. The van der Waals surface area contributed by atoms with Crippen LogP contribution in [0.25, 0.3) is 16.6 Å². The Morgan fingerprint density at radius 2 is 2.09 bits per heavy atom. The number of aromatic nitrogens is 4. The van der Waals surface area contributed by atoms with Gasteiger partial charge < -0.3 is 16.8 Å². The zero-order valence-corrected chi connectivity index (χ0v) is 18.5. The summed E-state index contributed by atoms with van der Waals surface area (Å²) in [5.41, 5.74) is 10.8. The van der Waals surface area contributed by atoms with Crippen LogP contribution in [0.4, 0.5) is 26.4 Å². The fourth-order valence-corrected chi connectivity index (χ4v) is 3.35. The molecule has 0 bridgehead atoms. The second-order valence-corrected chi connectivity index (χ2v) is 7.10. The summed E-state index contributed by atoms with van der Waals surface area (Å²) in [7, 11) is 0. The summed E-state index contributed by atoms with van der Waals surface area (Å²) in [5, 5.41) is 12.3. The lowest BCUT2D eigenvalue weighted by atomic mass is 10.1. The number of rotatable bonds is 7. The Morgan fingerprint density at radius 1 is 1.35 bits per heavy atom. The average Bonchev–Trinajstić information content (AvgIpc) is 2.80. The molecule has 3 aromatic rings. The van der Waals surface area contributed by atoms with Crippen molar-refractivity contribution in [2.75, 3.05) is 16.8 Å². The zero-order chi connectivity index (χ0) is 25.0. The van der Waals surface area contributed by atoms with Crippen molar-refractivity contribution < 1.29 is 8.78 Å². The molecule has 0 radical (unpaired) electrons. The number of hydrogen-bond donors (Lipinski definition) is 3. The highest BCUT2D eigenvalue weighted by atomic mass is 19.1. The molecule has 11 heteroatoms. The monoisotopic (exact) mass is 464 g/mol. The van der Waals surface area contributed by atoms with Crippen molar-refractivity contribution in [2.24, 2.45) is 0 Å². The number of allylic oxidation sites excluding steroid dienone is 5. The molecular formula is C23H22F2N8O. The first-order chi connectivity index (χ1) is 16.2. The molecule has 3 rings (SSSR count). The van der Waals surface area contributed by atoms with E-state index < -0.39 is 23.2 Å². The van der Waals surface area contributed by atoms with Gasteiger partial charge in [-0.2, -0.15) is 15.2 Å². The van der Waals surface area contributed by atoms with E-state index in [2.05, 4.69) is 26.8 Å². The quantitative estimate of drug-likeness (QED) is 0.447. The van der Waals surface area contributed by atoms with Crippen LogP contribution >= 0.6 is 0 Å². The summed E-state index contributed by atoms with van der Waals surface area (Å²) in [4.78, 5) is 25.8. The van der Waals surface area contributed by atoms with Crippen LogP contribution in [0.1, 0.15) is 37.7 Å². The number of nitrogens with one attached hydrogen (secondary N) is 1. The van der Waals surface area contributed by atoms with Crippen LogP contribution in [-0.2, 0) is 0 Å². The number of halogens is 2. The van der Waals surface area contributed by atoms with Gasteiger partial charge in [-0.1, -0.05) is 25.6 Å².